The summed E-state index contributed by atoms with van der Waals surface area (Å²) in [6.45, 7) is 13.6. The molecule has 0 spiro atoms. The third-order valence-electron chi connectivity index (χ3n) is 3.09. The third kappa shape index (κ3) is 3.64. The lowest BCUT2D eigenvalue weighted by Gasteiger charge is -2.37. The Bertz CT molecular complexity index is 499. The minimum atomic E-state index is -0.122. The summed E-state index contributed by atoms with van der Waals surface area (Å²) in [7, 11) is 0. The second kappa shape index (κ2) is 5.00. The van der Waals surface area contributed by atoms with Gasteiger partial charge in [0.05, 0.1) is 18.9 Å². The highest BCUT2D eigenvalue weighted by Gasteiger charge is 2.28. The molecular weight excluding hydrogens is 262 g/mol. The summed E-state index contributed by atoms with van der Waals surface area (Å²) in [5, 5.41) is 4.49. The third-order valence-corrected chi connectivity index (χ3v) is 3.38. The zero-order chi connectivity index (χ0) is 14.3. The van der Waals surface area contributed by atoms with Crippen molar-refractivity contribution in [3.8, 4) is 0 Å². The molecule has 108 valence electrons. The highest BCUT2D eigenvalue weighted by molar-refractivity contribution is 7.71. The van der Waals surface area contributed by atoms with E-state index in [1.54, 1.807) is 4.68 Å². The average molecular weight is 285 g/mol. The van der Waals surface area contributed by atoms with E-state index in [2.05, 4.69) is 44.6 Å². The van der Waals surface area contributed by atoms with Gasteiger partial charge in [0.25, 0.3) is 4.84 Å². The molecule has 0 radical (unpaired) electrons. The van der Waals surface area contributed by atoms with E-state index in [4.69, 9.17) is 21.4 Å². The number of ether oxygens (including phenoxy) is 1. The molecule has 1 saturated heterocycles. The van der Waals surface area contributed by atoms with Gasteiger partial charge in [-0.1, -0.05) is 20.8 Å². The minimum Gasteiger partial charge on any atom is -0.413 e. The van der Waals surface area contributed by atoms with Crippen molar-refractivity contribution in [1.82, 2.24) is 14.7 Å². The van der Waals surface area contributed by atoms with Gasteiger partial charge in [0.15, 0.2) is 0 Å². The molecule has 5 nitrogen and oxygen atoms in total. The van der Waals surface area contributed by atoms with Crippen molar-refractivity contribution in [3.63, 3.8) is 0 Å². The number of hydrogen-bond donors (Lipinski definition) is 0. The Balaban J connectivity index is 2.11. The molecule has 2 heterocycles. The summed E-state index contributed by atoms with van der Waals surface area (Å²) < 4.78 is 13.0. The Labute approximate surface area is 119 Å². The van der Waals surface area contributed by atoms with Crippen LogP contribution in [0.5, 0.6) is 0 Å². The molecule has 1 aliphatic rings. The van der Waals surface area contributed by atoms with Gasteiger partial charge in [-0.3, -0.25) is 4.90 Å². The van der Waals surface area contributed by atoms with E-state index in [9.17, 15) is 0 Å². The molecule has 6 heteroatoms. The second-order valence-corrected chi connectivity index (χ2v) is 7.07. The smallest absolute Gasteiger partial charge is 0.288 e. The number of hydrogen-bond acceptors (Lipinski definition) is 5. The van der Waals surface area contributed by atoms with Crippen LogP contribution in [0.4, 0.5) is 0 Å². The maximum atomic E-state index is 5.70. The molecule has 1 aliphatic heterocycles. The Morgan fingerprint density at radius 2 is 2.05 bits per heavy atom. The molecule has 0 bridgehead atoms. The van der Waals surface area contributed by atoms with Gasteiger partial charge in [-0.25, -0.2) is 4.68 Å². The van der Waals surface area contributed by atoms with E-state index in [-0.39, 0.29) is 11.0 Å². The zero-order valence-electron chi connectivity index (χ0n) is 12.4. The average Bonchev–Trinajstić information content (AvgIpc) is 2.58. The maximum absolute atomic E-state index is 5.70. The van der Waals surface area contributed by atoms with Crippen LogP contribution in [0, 0.1) is 4.84 Å². The van der Waals surface area contributed by atoms with Crippen LogP contribution in [0.1, 0.15) is 40.5 Å². The SMILES string of the molecule is CC1(C)CN(Cn2nc(C(C)(C)C)oc2=S)CCO1. The zero-order valence-corrected chi connectivity index (χ0v) is 13.2. The first-order valence-corrected chi connectivity index (χ1v) is 7.03. The Morgan fingerprint density at radius 3 is 2.58 bits per heavy atom. The Morgan fingerprint density at radius 1 is 1.37 bits per heavy atom. The molecule has 0 amide bonds. The Hall–Kier alpha value is -0.720. The Kier molecular flexibility index (Phi) is 3.86. The van der Waals surface area contributed by atoms with Crippen LogP contribution in [-0.2, 0) is 16.8 Å². The summed E-state index contributed by atoms with van der Waals surface area (Å²) in [6, 6.07) is 0. The molecule has 0 saturated carbocycles. The van der Waals surface area contributed by atoms with Crippen LogP contribution >= 0.6 is 12.2 Å². The first-order valence-electron chi connectivity index (χ1n) is 6.62. The predicted molar refractivity (Wildman–Crippen MR) is 75.6 cm³/mol. The molecule has 0 aliphatic carbocycles. The van der Waals surface area contributed by atoms with Crippen molar-refractivity contribution in [1.29, 1.82) is 0 Å². The topological polar surface area (TPSA) is 43.4 Å². The van der Waals surface area contributed by atoms with Crippen molar-refractivity contribution in [2.24, 2.45) is 0 Å². The molecule has 19 heavy (non-hydrogen) atoms. The van der Waals surface area contributed by atoms with Gasteiger partial charge < -0.3 is 9.15 Å². The molecular formula is C13H23N3O2S. The van der Waals surface area contributed by atoms with Crippen molar-refractivity contribution in [2.45, 2.75) is 52.3 Å². The quantitative estimate of drug-likeness (QED) is 0.781. The molecule has 2 rings (SSSR count). The van der Waals surface area contributed by atoms with Crippen LogP contribution in [0.2, 0.25) is 0 Å². The number of rotatable bonds is 2. The highest BCUT2D eigenvalue weighted by Crippen LogP contribution is 2.21. The first kappa shape index (κ1) is 14.7. The number of nitrogens with zero attached hydrogens (tertiary/aromatic N) is 3. The van der Waals surface area contributed by atoms with Crippen LogP contribution < -0.4 is 0 Å². The van der Waals surface area contributed by atoms with Gasteiger partial charge in [0.1, 0.15) is 0 Å². The van der Waals surface area contributed by atoms with Gasteiger partial charge in [-0.2, -0.15) is 0 Å². The van der Waals surface area contributed by atoms with E-state index >= 15 is 0 Å². The van der Waals surface area contributed by atoms with Crippen LogP contribution in [0.25, 0.3) is 0 Å². The molecule has 0 N–H and O–H groups in total. The van der Waals surface area contributed by atoms with Gasteiger partial charge in [-0.15, -0.1) is 5.10 Å². The second-order valence-electron chi connectivity index (χ2n) is 6.72. The number of aromatic nitrogens is 2. The lowest BCUT2D eigenvalue weighted by molar-refractivity contribution is -0.0948. The van der Waals surface area contributed by atoms with E-state index < -0.39 is 0 Å². The summed E-state index contributed by atoms with van der Waals surface area (Å²) in [6.07, 6.45) is 0. The molecule has 1 fully saturated rings. The standard InChI is InChI=1S/C13H23N3O2S/c1-12(2,3)10-14-16(11(19)18-10)9-15-6-7-17-13(4,5)8-15/h6-9H2,1-5H3. The van der Waals surface area contributed by atoms with E-state index in [1.165, 1.54) is 0 Å². The monoisotopic (exact) mass is 285 g/mol. The first-order chi connectivity index (χ1) is 8.67. The van der Waals surface area contributed by atoms with E-state index in [0.717, 1.165) is 19.7 Å². The largest absolute Gasteiger partial charge is 0.413 e. The van der Waals surface area contributed by atoms with E-state index in [0.29, 0.717) is 17.4 Å². The molecule has 1 aromatic rings. The summed E-state index contributed by atoms with van der Waals surface area (Å²) in [4.78, 5) is 2.73. The van der Waals surface area contributed by atoms with Crippen molar-refractivity contribution < 1.29 is 9.15 Å². The van der Waals surface area contributed by atoms with Gasteiger partial charge in [0, 0.05) is 18.5 Å². The van der Waals surface area contributed by atoms with Crippen LogP contribution in [-0.4, -0.2) is 40.0 Å². The summed E-state index contributed by atoms with van der Waals surface area (Å²) in [5.74, 6) is 0.685. The molecule has 0 atom stereocenters. The number of morpholine rings is 1. The maximum Gasteiger partial charge on any atom is 0.288 e. The molecule has 1 aromatic heterocycles. The normalized spacial score (nSPS) is 20.7. The lowest BCUT2D eigenvalue weighted by atomic mass is 9.97. The molecule has 0 aromatic carbocycles. The van der Waals surface area contributed by atoms with Gasteiger partial charge in [-0.05, 0) is 26.1 Å². The fourth-order valence-corrected chi connectivity index (χ4v) is 2.30. The van der Waals surface area contributed by atoms with Crippen molar-refractivity contribution in [3.05, 3.63) is 10.7 Å². The highest BCUT2D eigenvalue weighted by atomic mass is 32.1. The van der Waals surface area contributed by atoms with Gasteiger partial charge in [0.2, 0.25) is 5.89 Å². The minimum absolute atomic E-state index is 0.114. The van der Waals surface area contributed by atoms with Crippen molar-refractivity contribution >= 4 is 12.2 Å². The molecule has 0 unspecified atom stereocenters. The van der Waals surface area contributed by atoms with Crippen LogP contribution in [0.15, 0.2) is 4.42 Å². The van der Waals surface area contributed by atoms with Gasteiger partial charge >= 0.3 is 0 Å². The van der Waals surface area contributed by atoms with Crippen molar-refractivity contribution in [2.75, 3.05) is 19.7 Å². The van der Waals surface area contributed by atoms with E-state index in [1.807, 2.05) is 0 Å². The predicted octanol–water partition coefficient (Wildman–Crippen LogP) is 2.57. The summed E-state index contributed by atoms with van der Waals surface area (Å²) >= 11 is 5.24. The fraction of sp³-hybridized carbons (Fsp3) is 0.846. The summed E-state index contributed by atoms with van der Waals surface area (Å²) in [5.41, 5.74) is -0.236. The van der Waals surface area contributed by atoms with Crippen LogP contribution in [0.3, 0.4) is 0 Å². The fourth-order valence-electron chi connectivity index (χ4n) is 2.12. The lowest BCUT2D eigenvalue weighted by Crippen LogP contribution is -2.48.